The zero-order valence-corrected chi connectivity index (χ0v) is 16.1. The van der Waals surface area contributed by atoms with E-state index in [1.807, 2.05) is 30.3 Å². The van der Waals surface area contributed by atoms with Gasteiger partial charge in [-0.1, -0.05) is 42.5 Å². The summed E-state index contributed by atoms with van der Waals surface area (Å²) in [5.41, 5.74) is 1.61. The van der Waals surface area contributed by atoms with Gasteiger partial charge in [0.25, 0.3) is 5.69 Å². The molecule has 160 valence electrons. The summed E-state index contributed by atoms with van der Waals surface area (Å²) >= 11 is 0. The number of nitrogens with one attached hydrogen (secondary N) is 1. The number of alkyl halides is 3. The maximum Gasteiger partial charge on any atom is 0.393 e. The lowest BCUT2D eigenvalue weighted by molar-refractivity contribution is -0.384. The average molecular weight is 421 g/mol. The van der Waals surface area contributed by atoms with Gasteiger partial charge in [-0.2, -0.15) is 13.2 Å². The zero-order valence-electron chi connectivity index (χ0n) is 16.1. The molecule has 9 heteroatoms. The summed E-state index contributed by atoms with van der Waals surface area (Å²) in [6.45, 7) is 0.359. The lowest BCUT2D eigenvalue weighted by atomic mass is 9.94. The Bertz CT molecular complexity index is 873. The number of carbonyl (C=O) groups excluding carboxylic acids is 1. The lowest BCUT2D eigenvalue weighted by Crippen LogP contribution is -2.40. The highest BCUT2D eigenvalue weighted by Crippen LogP contribution is 2.38. The van der Waals surface area contributed by atoms with Crippen molar-refractivity contribution < 1.29 is 22.9 Å². The van der Waals surface area contributed by atoms with Crippen LogP contribution in [-0.4, -0.2) is 41.5 Å². The van der Waals surface area contributed by atoms with Gasteiger partial charge >= 0.3 is 6.18 Å². The van der Waals surface area contributed by atoms with Crippen LogP contribution in [0.5, 0.6) is 0 Å². The van der Waals surface area contributed by atoms with Crippen LogP contribution in [0.2, 0.25) is 0 Å². The van der Waals surface area contributed by atoms with Crippen molar-refractivity contribution in [3.63, 3.8) is 0 Å². The minimum absolute atomic E-state index is 0.0414. The molecule has 1 N–H and O–H groups in total. The van der Waals surface area contributed by atoms with Crippen LogP contribution in [0.15, 0.2) is 54.6 Å². The van der Waals surface area contributed by atoms with Gasteiger partial charge < -0.3 is 5.32 Å². The minimum atomic E-state index is -4.45. The molecular weight excluding hydrogens is 399 g/mol. The Balaban J connectivity index is 1.57. The van der Waals surface area contributed by atoms with Crippen molar-refractivity contribution in [1.82, 2.24) is 10.2 Å². The first-order valence-corrected chi connectivity index (χ1v) is 9.58. The number of non-ortho nitro benzene ring substituents is 1. The molecule has 30 heavy (non-hydrogen) atoms. The van der Waals surface area contributed by atoms with Crippen molar-refractivity contribution in [3.05, 3.63) is 75.8 Å². The summed E-state index contributed by atoms with van der Waals surface area (Å²) in [6.07, 6.45) is -4.08. The van der Waals surface area contributed by atoms with E-state index in [1.54, 1.807) is 17.0 Å². The fourth-order valence-electron chi connectivity index (χ4n) is 3.70. The highest BCUT2D eigenvalue weighted by molar-refractivity contribution is 5.79. The Morgan fingerprint density at radius 3 is 2.33 bits per heavy atom. The van der Waals surface area contributed by atoms with E-state index < -0.39 is 28.8 Å². The van der Waals surface area contributed by atoms with Crippen LogP contribution in [0.4, 0.5) is 18.9 Å². The van der Waals surface area contributed by atoms with Crippen LogP contribution >= 0.6 is 0 Å². The largest absolute Gasteiger partial charge is 0.393 e. The molecular formula is C21H22F3N3O3. The van der Waals surface area contributed by atoms with Crippen LogP contribution in [0.25, 0.3) is 0 Å². The van der Waals surface area contributed by atoms with Gasteiger partial charge in [-0.3, -0.25) is 19.8 Å². The summed E-state index contributed by atoms with van der Waals surface area (Å²) < 4.78 is 40.5. The predicted molar refractivity (Wildman–Crippen MR) is 105 cm³/mol. The third-order valence-electron chi connectivity index (χ3n) is 5.26. The molecule has 2 aromatic rings. The van der Waals surface area contributed by atoms with Gasteiger partial charge in [-0.15, -0.1) is 0 Å². The molecule has 0 radical (unpaired) electrons. The summed E-state index contributed by atoms with van der Waals surface area (Å²) in [5.74, 6) is -3.49. The molecule has 2 unspecified atom stereocenters. The van der Waals surface area contributed by atoms with Crippen LogP contribution in [0.1, 0.15) is 11.1 Å². The van der Waals surface area contributed by atoms with Crippen LogP contribution < -0.4 is 5.32 Å². The fraction of sp³-hybridized carbons (Fsp3) is 0.381. The molecule has 0 aromatic heterocycles. The average Bonchev–Trinajstić information content (AvgIpc) is 3.13. The summed E-state index contributed by atoms with van der Waals surface area (Å²) in [4.78, 5) is 24.3. The second-order valence-electron chi connectivity index (χ2n) is 7.40. The Morgan fingerprint density at radius 1 is 1.07 bits per heavy atom. The first-order chi connectivity index (χ1) is 14.2. The summed E-state index contributed by atoms with van der Waals surface area (Å²) in [6, 6.07) is 15.0. The molecule has 6 nitrogen and oxygen atoms in total. The first kappa shape index (κ1) is 21.8. The van der Waals surface area contributed by atoms with Crippen LogP contribution in [0, 0.1) is 22.0 Å². The standard InChI is InChI=1S/C21H22F3N3O3/c22-21(23,24)19-14-26(12-16-4-2-1-3-5-16)13-18(19)20(28)25-11-10-15-6-8-17(9-7-15)27(29)30/h1-9,18-19H,10-14H2,(H,25,28). The zero-order chi connectivity index (χ0) is 21.7. The van der Waals surface area contributed by atoms with E-state index >= 15 is 0 Å². The van der Waals surface area contributed by atoms with Crippen molar-refractivity contribution >= 4 is 11.6 Å². The van der Waals surface area contributed by atoms with E-state index in [1.165, 1.54) is 12.1 Å². The number of amides is 1. The van der Waals surface area contributed by atoms with Crippen molar-refractivity contribution in [2.24, 2.45) is 11.8 Å². The highest BCUT2D eigenvalue weighted by atomic mass is 19.4. The fourth-order valence-corrected chi connectivity index (χ4v) is 3.70. The normalized spacial score (nSPS) is 19.6. The van der Waals surface area contributed by atoms with E-state index in [9.17, 15) is 28.1 Å². The van der Waals surface area contributed by atoms with E-state index in [-0.39, 0.29) is 25.3 Å². The quantitative estimate of drug-likeness (QED) is 0.548. The number of nitrogens with zero attached hydrogens (tertiary/aromatic N) is 2. The van der Waals surface area contributed by atoms with Gasteiger partial charge in [0.15, 0.2) is 0 Å². The third kappa shape index (κ3) is 5.56. The molecule has 3 rings (SSSR count). The SMILES string of the molecule is O=C(NCCc1ccc([N+](=O)[O-])cc1)C1CN(Cc2ccccc2)CC1C(F)(F)F. The smallest absolute Gasteiger partial charge is 0.355 e. The molecule has 1 aliphatic rings. The number of halogens is 3. The highest BCUT2D eigenvalue weighted by Gasteiger charge is 2.52. The number of hydrogen-bond acceptors (Lipinski definition) is 4. The number of nitro groups is 1. The third-order valence-corrected chi connectivity index (χ3v) is 5.26. The molecule has 1 fully saturated rings. The number of carbonyl (C=O) groups is 1. The Kier molecular flexibility index (Phi) is 6.71. The van der Waals surface area contributed by atoms with E-state index in [2.05, 4.69) is 5.32 Å². The minimum Gasteiger partial charge on any atom is -0.355 e. The second kappa shape index (κ2) is 9.25. The molecule has 0 spiro atoms. The second-order valence-corrected chi connectivity index (χ2v) is 7.40. The molecule has 2 aromatic carbocycles. The van der Waals surface area contributed by atoms with Gasteiger partial charge in [0.05, 0.1) is 16.8 Å². The summed E-state index contributed by atoms with van der Waals surface area (Å²) in [7, 11) is 0. The molecule has 1 heterocycles. The number of nitro benzene ring substituents is 1. The lowest BCUT2D eigenvalue weighted by Gasteiger charge is -2.20. The van der Waals surface area contributed by atoms with Crippen LogP contribution in [0.3, 0.4) is 0 Å². The Labute approximate surface area is 171 Å². The number of benzene rings is 2. The van der Waals surface area contributed by atoms with Gasteiger partial charge in [0, 0.05) is 38.3 Å². The van der Waals surface area contributed by atoms with Crippen molar-refractivity contribution in [1.29, 1.82) is 0 Å². The topological polar surface area (TPSA) is 75.5 Å². The number of hydrogen-bond donors (Lipinski definition) is 1. The molecule has 2 atom stereocenters. The monoisotopic (exact) mass is 421 g/mol. The van der Waals surface area contributed by atoms with E-state index in [0.29, 0.717) is 13.0 Å². The molecule has 0 saturated carbocycles. The Hall–Kier alpha value is -2.94. The molecule has 1 aliphatic heterocycles. The van der Waals surface area contributed by atoms with Gasteiger partial charge in [-0.05, 0) is 17.5 Å². The summed E-state index contributed by atoms with van der Waals surface area (Å²) in [5, 5.41) is 13.3. The van der Waals surface area contributed by atoms with Gasteiger partial charge in [-0.25, -0.2) is 0 Å². The Morgan fingerprint density at radius 2 is 1.73 bits per heavy atom. The van der Waals surface area contributed by atoms with E-state index in [4.69, 9.17) is 0 Å². The van der Waals surface area contributed by atoms with E-state index in [0.717, 1.165) is 11.1 Å². The molecule has 0 aliphatic carbocycles. The van der Waals surface area contributed by atoms with Crippen LogP contribution in [-0.2, 0) is 17.8 Å². The molecule has 0 bridgehead atoms. The maximum absolute atomic E-state index is 13.5. The van der Waals surface area contributed by atoms with Crippen molar-refractivity contribution in [3.8, 4) is 0 Å². The van der Waals surface area contributed by atoms with Gasteiger partial charge in [0.1, 0.15) is 0 Å². The van der Waals surface area contributed by atoms with Crippen molar-refractivity contribution in [2.75, 3.05) is 19.6 Å². The molecule has 1 saturated heterocycles. The first-order valence-electron chi connectivity index (χ1n) is 9.58. The van der Waals surface area contributed by atoms with Crippen molar-refractivity contribution in [2.45, 2.75) is 19.1 Å². The van der Waals surface area contributed by atoms with Gasteiger partial charge in [0.2, 0.25) is 5.91 Å². The number of likely N-dealkylation sites (tertiary alicyclic amines) is 1. The number of rotatable bonds is 7. The predicted octanol–water partition coefficient (Wildman–Crippen LogP) is 3.56. The maximum atomic E-state index is 13.5. The molecule has 1 amide bonds.